The number of carbonyl (C=O) groups is 1. The molecule has 26 heavy (non-hydrogen) atoms. The van der Waals surface area contributed by atoms with Crippen LogP contribution in [0.15, 0.2) is 36.4 Å². The fraction of sp³-hybridized carbons (Fsp3) is 0.409. The summed E-state index contributed by atoms with van der Waals surface area (Å²) in [5.41, 5.74) is 2.16. The number of phenols is 1. The van der Waals surface area contributed by atoms with Crippen LogP contribution in [0, 0.1) is 11.7 Å². The van der Waals surface area contributed by atoms with Gasteiger partial charge in [0.1, 0.15) is 23.4 Å². The summed E-state index contributed by atoms with van der Waals surface area (Å²) in [5.74, 6) is 0.988. The molecule has 1 saturated carbocycles. The molecule has 0 radical (unpaired) electrons. The Labute approximate surface area is 152 Å². The van der Waals surface area contributed by atoms with Crippen molar-refractivity contribution < 1.29 is 19.0 Å². The van der Waals surface area contributed by atoms with E-state index in [0.29, 0.717) is 36.0 Å². The molecule has 1 fully saturated rings. The van der Waals surface area contributed by atoms with Crippen molar-refractivity contribution in [1.29, 1.82) is 0 Å². The number of halogens is 1. The van der Waals surface area contributed by atoms with Crippen LogP contribution < -0.4 is 4.74 Å². The number of hydrogen-bond donors (Lipinski definition) is 1. The van der Waals surface area contributed by atoms with Crippen molar-refractivity contribution in [2.24, 2.45) is 5.92 Å². The molecule has 0 spiro atoms. The predicted molar refractivity (Wildman–Crippen MR) is 97.2 cm³/mol. The van der Waals surface area contributed by atoms with Crippen molar-refractivity contribution in [3.63, 3.8) is 0 Å². The molecule has 2 aliphatic rings. The van der Waals surface area contributed by atoms with Gasteiger partial charge >= 0.3 is 0 Å². The Morgan fingerprint density at radius 2 is 2.12 bits per heavy atom. The number of hydrogen-bond acceptors (Lipinski definition) is 3. The van der Waals surface area contributed by atoms with Gasteiger partial charge in [-0.1, -0.05) is 25.5 Å². The second kappa shape index (κ2) is 6.75. The van der Waals surface area contributed by atoms with Gasteiger partial charge in [-0.15, -0.1) is 0 Å². The Morgan fingerprint density at radius 1 is 1.27 bits per heavy atom. The number of aromatic hydroxyl groups is 1. The number of phenolic OH excluding ortho intramolecular Hbond substituents is 1. The number of rotatable bonds is 4. The van der Waals surface area contributed by atoms with E-state index in [1.807, 2.05) is 19.1 Å². The number of ketones is 1. The lowest BCUT2D eigenvalue weighted by atomic mass is 9.76. The van der Waals surface area contributed by atoms with E-state index >= 15 is 0 Å². The van der Waals surface area contributed by atoms with Gasteiger partial charge in [0.2, 0.25) is 0 Å². The van der Waals surface area contributed by atoms with Crippen LogP contribution in [-0.2, 0) is 0 Å². The summed E-state index contributed by atoms with van der Waals surface area (Å²) in [5, 5.41) is 10.5. The third-order valence-electron chi connectivity index (χ3n) is 5.78. The molecule has 2 aromatic carbocycles. The van der Waals surface area contributed by atoms with Gasteiger partial charge in [0.25, 0.3) is 0 Å². The van der Waals surface area contributed by atoms with Crippen LogP contribution in [0.4, 0.5) is 4.39 Å². The van der Waals surface area contributed by atoms with Crippen molar-refractivity contribution in [2.45, 2.75) is 51.0 Å². The molecule has 0 bridgehead atoms. The van der Waals surface area contributed by atoms with Gasteiger partial charge in [-0.3, -0.25) is 4.79 Å². The van der Waals surface area contributed by atoms with E-state index in [4.69, 9.17) is 4.74 Å². The number of benzene rings is 2. The minimum atomic E-state index is -0.304. The Hall–Kier alpha value is -2.36. The highest BCUT2D eigenvalue weighted by atomic mass is 19.1. The van der Waals surface area contributed by atoms with Crippen molar-refractivity contribution in [2.75, 3.05) is 0 Å². The minimum absolute atomic E-state index is 0.00180. The van der Waals surface area contributed by atoms with Gasteiger partial charge < -0.3 is 9.84 Å². The maximum Gasteiger partial charge on any atom is 0.167 e. The smallest absolute Gasteiger partial charge is 0.167 e. The SMILES string of the molecule is CCC(Oc1cc(O)c2c(c1)[C@H]1CCC[C@H]1CC2=O)c1cccc(F)c1. The first kappa shape index (κ1) is 17.1. The molecule has 4 rings (SSSR count). The average Bonchev–Trinajstić information content (AvgIpc) is 3.07. The first-order chi connectivity index (χ1) is 12.6. The summed E-state index contributed by atoms with van der Waals surface area (Å²) in [4.78, 5) is 12.5. The summed E-state index contributed by atoms with van der Waals surface area (Å²) < 4.78 is 19.6. The van der Waals surface area contributed by atoms with Crippen molar-refractivity contribution in [1.82, 2.24) is 0 Å². The molecular weight excluding hydrogens is 331 g/mol. The largest absolute Gasteiger partial charge is 0.507 e. The lowest BCUT2D eigenvalue weighted by Crippen LogP contribution is -2.21. The molecule has 1 unspecified atom stereocenters. The fourth-order valence-corrected chi connectivity index (χ4v) is 4.58. The van der Waals surface area contributed by atoms with E-state index in [9.17, 15) is 14.3 Å². The third kappa shape index (κ3) is 2.98. The van der Waals surface area contributed by atoms with Crippen LogP contribution in [0.25, 0.3) is 0 Å². The van der Waals surface area contributed by atoms with Gasteiger partial charge in [0.15, 0.2) is 5.78 Å². The monoisotopic (exact) mass is 354 g/mol. The van der Waals surface area contributed by atoms with Crippen molar-refractivity contribution >= 4 is 5.78 Å². The first-order valence-electron chi connectivity index (χ1n) is 9.39. The van der Waals surface area contributed by atoms with Crippen LogP contribution in [0.3, 0.4) is 0 Å². The summed E-state index contributed by atoms with van der Waals surface area (Å²) in [7, 11) is 0. The quantitative estimate of drug-likeness (QED) is 0.785. The zero-order chi connectivity index (χ0) is 18.3. The van der Waals surface area contributed by atoms with Crippen molar-refractivity contribution in [3.05, 3.63) is 58.9 Å². The molecule has 0 amide bonds. The predicted octanol–water partition coefficient (Wildman–Crippen LogP) is 5.53. The zero-order valence-electron chi connectivity index (χ0n) is 14.9. The molecule has 1 N–H and O–H groups in total. The number of carbonyl (C=O) groups excluding carboxylic acids is 1. The van der Waals surface area contributed by atoms with Crippen LogP contribution >= 0.6 is 0 Å². The standard InChI is InChI=1S/C22H23FO3/c1-2-21(14-6-3-7-15(23)9-14)26-16-11-18-17-8-4-5-13(17)10-19(24)22(18)20(25)12-16/h3,6-7,9,11-13,17,21,25H,2,4-5,8,10H2,1H3/t13-,17-,21?/m0/s1. The van der Waals surface area contributed by atoms with Crippen LogP contribution in [0.1, 0.15) is 72.5 Å². The Balaban J connectivity index is 1.68. The summed E-state index contributed by atoms with van der Waals surface area (Å²) in [6.45, 7) is 1.98. The number of fused-ring (bicyclic) bond motifs is 3. The molecule has 3 atom stereocenters. The van der Waals surface area contributed by atoms with E-state index < -0.39 is 0 Å². The Kier molecular flexibility index (Phi) is 4.43. The van der Waals surface area contributed by atoms with Crippen LogP contribution in [0.5, 0.6) is 11.5 Å². The van der Waals surface area contributed by atoms with E-state index in [1.165, 1.54) is 18.2 Å². The molecule has 0 saturated heterocycles. The van der Waals surface area contributed by atoms with E-state index in [1.54, 1.807) is 6.07 Å². The average molecular weight is 354 g/mol. The molecule has 136 valence electrons. The highest BCUT2D eigenvalue weighted by Crippen LogP contribution is 2.49. The lowest BCUT2D eigenvalue weighted by Gasteiger charge is -2.29. The Bertz CT molecular complexity index is 845. The number of Topliss-reactive ketones (excluding diaryl/α,β-unsaturated/α-hetero) is 1. The summed E-state index contributed by atoms with van der Waals surface area (Å²) in [6, 6.07) is 9.83. The molecule has 0 aliphatic heterocycles. The minimum Gasteiger partial charge on any atom is -0.507 e. The van der Waals surface area contributed by atoms with E-state index in [0.717, 1.165) is 30.4 Å². The number of ether oxygens (including phenoxy) is 1. The molecule has 2 aromatic rings. The van der Waals surface area contributed by atoms with Gasteiger partial charge in [0.05, 0.1) is 5.56 Å². The third-order valence-corrected chi connectivity index (χ3v) is 5.78. The molecule has 2 aliphatic carbocycles. The summed E-state index contributed by atoms with van der Waals surface area (Å²) in [6.07, 6.45) is 4.15. The van der Waals surface area contributed by atoms with Crippen LogP contribution in [-0.4, -0.2) is 10.9 Å². The molecule has 0 heterocycles. The van der Waals surface area contributed by atoms with Gasteiger partial charge in [-0.2, -0.15) is 0 Å². The second-order valence-electron chi connectivity index (χ2n) is 7.40. The first-order valence-corrected chi connectivity index (χ1v) is 9.39. The Morgan fingerprint density at radius 3 is 2.88 bits per heavy atom. The highest BCUT2D eigenvalue weighted by Gasteiger charge is 2.39. The van der Waals surface area contributed by atoms with Gasteiger partial charge in [-0.25, -0.2) is 4.39 Å². The second-order valence-corrected chi connectivity index (χ2v) is 7.40. The summed E-state index contributed by atoms with van der Waals surface area (Å²) >= 11 is 0. The normalized spacial score (nSPS) is 22.6. The molecule has 3 nitrogen and oxygen atoms in total. The molecule has 0 aromatic heterocycles. The maximum absolute atomic E-state index is 13.5. The molecular formula is C22H23FO3. The highest BCUT2D eigenvalue weighted by molar-refractivity contribution is 6.01. The maximum atomic E-state index is 13.5. The van der Waals surface area contributed by atoms with Crippen LogP contribution in [0.2, 0.25) is 0 Å². The molecule has 4 heteroatoms. The van der Waals surface area contributed by atoms with Crippen molar-refractivity contribution in [3.8, 4) is 11.5 Å². The fourth-order valence-electron chi connectivity index (χ4n) is 4.58. The van der Waals surface area contributed by atoms with Gasteiger partial charge in [0, 0.05) is 12.5 Å². The lowest BCUT2D eigenvalue weighted by molar-refractivity contribution is 0.0940. The van der Waals surface area contributed by atoms with E-state index in [2.05, 4.69) is 0 Å². The van der Waals surface area contributed by atoms with Gasteiger partial charge in [-0.05, 0) is 60.4 Å². The van der Waals surface area contributed by atoms with E-state index in [-0.39, 0.29) is 23.5 Å². The topological polar surface area (TPSA) is 46.5 Å². The zero-order valence-corrected chi connectivity index (χ0v) is 14.9.